The Morgan fingerprint density at radius 3 is 2.55 bits per heavy atom. The maximum atomic E-state index is 13.4. The van der Waals surface area contributed by atoms with E-state index in [0.29, 0.717) is 34.3 Å². The molecule has 0 aliphatic rings. The van der Waals surface area contributed by atoms with Gasteiger partial charge in [-0.15, -0.1) is 12.4 Å². The highest BCUT2D eigenvalue weighted by atomic mass is 35.5. The smallest absolute Gasteiger partial charge is 0.268 e. The second-order valence-electron chi connectivity index (χ2n) is 6.99. The predicted octanol–water partition coefficient (Wildman–Crippen LogP) is 5.47. The first kappa shape index (κ1) is 25.1. The van der Waals surface area contributed by atoms with E-state index in [0.717, 1.165) is 10.9 Å². The number of hydrogen-bond acceptors (Lipinski definition) is 6. The molecule has 4 rings (SSSR count). The lowest BCUT2D eigenvalue weighted by Crippen LogP contribution is -2.12. The Bertz CT molecular complexity index is 1410. The van der Waals surface area contributed by atoms with E-state index in [1.165, 1.54) is 23.2 Å². The minimum Gasteiger partial charge on any atom is -0.481 e. The summed E-state index contributed by atoms with van der Waals surface area (Å²) < 4.78 is 33.2. The molecule has 0 atom stereocenters. The van der Waals surface area contributed by atoms with E-state index in [4.69, 9.17) is 27.9 Å². The van der Waals surface area contributed by atoms with Crippen molar-refractivity contribution in [3.05, 3.63) is 76.5 Å². The van der Waals surface area contributed by atoms with Crippen LogP contribution in [0.4, 0.5) is 11.4 Å². The lowest BCUT2D eigenvalue weighted by atomic mass is 10.1. The van der Waals surface area contributed by atoms with E-state index in [1.54, 1.807) is 36.5 Å². The van der Waals surface area contributed by atoms with Gasteiger partial charge in [0.1, 0.15) is 0 Å². The van der Waals surface area contributed by atoms with Gasteiger partial charge in [0, 0.05) is 34.9 Å². The maximum absolute atomic E-state index is 13.4. The molecule has 33 heavy (non-hydrogen) atoms. The van der Waals surface area contributed by atoms with Gasteiger partial charge in [0.2, 0.25) is 5.88 Å². The van der Waals surface area contributed by atoms with Crippen molar-refractivity contribution < 1.29 is 13.2 Å². The van der Waals surface area contributed by atoms with E-state index < -0.39 is 10.0 Å². The standard InChI is InChI=1S/C22H20Cl2N4O3S.ClH/c1-25-12-14-13-28(32(29,30)17-5-3-4-15(23)10-17)20-11-16(6-7-18(14)20)26-19-8-9-21(31-2)27-22(19)24;/h3-11,13,25-26H,12H2,1-2H3;1H. The molecule has 0 unspecified atom stereocenters. The van der Waals surface area contributed by atoms with Crippen molar-refractivity contribution in [3.63, 3.8) is 0 Å². The van der Waals surface area contributed by atoms with Crippen molar-refractivity contribution in [2.45, 2.75) is 11.4 Å². The number of ether oxygens (including phenoxy) is 1. The number of anilines is 2. The molecule has 4 aromatic rings. The van der Waals surface area contributed by atoms with Gasteiger partial charge in [0.05, 0.1) is 23.2 Å². The third-order valence-electron chi connectivity index (χ3n) is 4.89. The molecular formula is C22H21Cl3N4O3S. The van der Waals surface area contributed by atoms with Crippen LogP contribution in [0.5, 0.6) is 5.88 Å². The minimum absolute atomic E-state index is 0. The summed E-state index contributed by atoms with van der Waals surface area (Å²) >= 11 is 12.3. The van der Waals surface area contributed by atoms with E-state index in [9.17, 15) is 8.42 Å². The highest BCUT2D eigenvalue weighted by Gasteiger charge is 2.22. The summed E-state index contributed by atoms with van der Waals surface area (Å²) in [6, 6.07) is 15.1. The predicted molar refractivity (Wildman–Crippen MR) is 135 cm³/mol. The van der Waals surface area contributed by atoms with Crippen molar-refractivity contribution in [2.75, 3.05) is 19.5 Å². The van der Waals surface area contributed by atoms with Gasteiger partial charge >= 0.3 is 0 Å². The summed E-state index contributed by atoms with van der Waals surface area (Å²) in [5, 5.41) is 7.67. The zero-order valence-corrected chi connectivity index (χ0v) is 20.8. The number of halogens is 3. The topological polar surface area (TPSA) is 85.2 Å². The Labute approximate surface area is 208 Å². The summed E-state index contributed by atoms with van der Waals surface area (Å²) in [6.07, 6.45) is 1.63. The number of hydrogen-bond donors (Lipinski definition) is 2. The molecule has 2 N–H and O–H groups in total. The van der Waals surface area contributed by atoms with Gasteiger partial charge in [0.15, 0.2) is 5.15 Å². The first-order chi connectivity index (χ1) is 15.3. The van der Waals surface area contributed by atoms with Gasteiger partial charge < -0.3 is 15.4 Å². The number of pyridine rings is 1. The summed E-state index contributed by atoms with van der Waals surface area (Å²) in [5.41, 5.74) is 2.60. The molecule has 0 saturated carbocycles. The number of aromatic nitrogens is 2. The molecule has 2 aromatic heterocycles. The number of rotatable bonds is 7. The molecule has 2 aromatic carbocycles. The van der Waals surface area contributed by atoms with E-state index in [1.807, 2.05) is 19.2 Å². The Kier molecular flexibility index (Phi) is 7.76. The summed E-state index contributed by atoms with van der Waals surface area (Å²) in [5.74, 6) is 0.397. The van der Waals surface area contributed by atoms with E-state index in [-0.39, 0.29) is 22.5 Å². The molecule has 0 saturated heterocycles. The Morgan fingerprint density at radius 2 is 1.88 bits per heavy atom. The van der Waals surface area contributed by atoms with Crippen molar-refractivity contribution >= 4 is 67.9 Å². The third kappa shape index (κ3) is 5.05. The number of methoxy groups -OCH3 is 1. The fourth-order valence-electron chi connectivity index (χ4n) is 3.40. The average molecular weight is 528 g/mol. The zero-order chi connectivity index (χ0) is 22.9. The van der Waals surface area contributed by atoms with Crippen molar-refractivity contribution in [3.8, 4) is 5.88 Å². The van der Waals surface area contributed by atoms with Crippen LogP contribution >= 0.6 is 35.6 Å². The Balaban J connectivity index is 0.00000306. The van der Waals surface area contributed by atoms with Crippen LogP contribution in [0.1, 0.15) is 5.56 Å². The van der Waals surface area contributed by atoms with Crippen LogP contribution in [-0.2, 0) is 16.6 Å². The average Bonchev–Trinajstić information content (AvgIpc) is 3.14. The van der Waals surface area contributed by atoms with Crippen LogP contribution in [0.15, 0.2) is 65.7 Å². The molecule has 11 heteroatoms. The van der Waals surface area contributed by atoms with Crippen molar-refractivity contribution in [2.24, 2.45) is 0 Å². The van der Waals surface area contributed by atoms with Crippen LogP contribution < -0.4 is 15.4 Å². The van der Waals surface area contributed by atoms with Crippen LogP contribution in [0.3, 0.4) is 0 Å². The van der Waals surface area contributed by atoms with Crippen molar-refractivity contribution in [1.29, 1.82) is 0 Å². The molecular weight excluding hydrogens is 507 g/mol. The molecule has 0 radical (unpaired) electrons. The van der Waals surface area contributed by atoms with Crippen LogP contribution in [0, 0.1) is 0 Å². The summed E-state index contributed by atoms with van der Waals surface area (Å²) in [6.45, 7) is 0.509. The quantitative estimate of drug-likeness (QED) is 0.310. The first-order valence-electron chi connectivity index (χ1n) is 9.61. The number of fused-ring (bicyclic) bond motifs is 1. The summed E-state index contributed by atoms with van der Waals surface area (Å²) in [7, 11) is -0.551. The molecule has 7 nitrogen and oxygen atoms in total. The van der Waals surface area contributed by atoms with Crippen LogP contribution in [-0.4, -0.2) is 31.5 Å². The van der Waals surface area contributed by atoms with Gasteiger partial charge in [0.25, 0.3) is 10.0 Å². The SMILES string of the molecule is CNCc1cn(S(=O)(=O)c2cccc(Cl)c2)c2cc(Nc3ccc(OC)nc3Cl)ccc12.Cl. The molecule has 0 bridgehead atoms. The van der Waals surface area contributed by atoms with Crippen LogP contribution in [0.2, 0.25) is 10.2 Å². The molecule has 0 aliphatic carbocycles. The molecule has 0 fully saturated rings. The Hall–Kier alpha value is -2.49. The highest BCUT2D eigenvalue weighted by molar-refractivity contribution is 7.90. The summed E-state index contributed by atoms with van der Waals surface area (Å²) in [4.78, 5) is 4.25. The molecule has 2 heterocycles. The highest BCUT2D eigenvalue weighted by Crippen LogP contribution is 2.32. The van der Waals surface area contributed by atoms with Gasteiger partial charge in [-0.05, 0) is 49.0 Å². The monoisotopic (exact) mass is 526 g/mol. The maximum Gasteiger partial charge on any atom is 0.268 e. The second kappa shape index (κ2) is 10.2. The zero-order valence-electron chi connectivity index (χ0n) is 17.7. The fourth-order valence-corrected chi connectivity index (χ4v) is 5.27. The number of nitrogens with zero attached hydrogens (tertiary/aromatic N) is 2. The third-order valence-corrected chi connectivity index (χ3v) is 7.08. The largest absolute Gasteiger partial charge is 0.481 e. The lowest BCUT2D eigenvalue weighted by molar-refractivity contribution is 0.398. The van der Waals surface area contributed by atoms with Gasteiger partial charge in [-0.3, -0.25) is 0 Å². The normalized spacial score (nSPS) is 11.3. The lowest BCUT2D eigenvalue weighted by Gasteiger charge is -2.11. The fraction of sp³-hybridized carbons (Fsp3) is 0.136. The molecule has 0 aliphatic heterocycles. The van der Waals surface area contributed by atoms with E-state index in [2.05, 4.69) is 15.6 Å². The van der Waals surface area contributed by atoms with E-state index >= 15 is 0 Å². The van der Waals surface area contributed by atoms with Crippen molar-refractivity contribution in [1.82, 2.24) is 14.3 Å². The number of benzene rings is 2. The second-order valence-corrected chi connectivity index (χ2v) is 9.60. The van der Waals surface area contributed by atoms with Gasteiger partial charge in [-0.1, -0.05) is 35.3 Å². The number of nitrogens with one attached hydrogen (secondary N) is 2. The molecule has 174 valence electrons. The Morgan fingerprint density at radius 1 is 1.09 bits per heavy atom. The van der Waals surface area contributed by atoms with Gasteiger partial charge in [-0.2, -0.15) is 4.98 Å². The van der Waals surface area contributed by atoms with Crippen LogP contribution in [0.25, 0.3) is 10.9 Å². The molecule has 0 spiro atoms. The molecule has 0 amide bonds. The first-order valence-corrected chi connectivity index (χ1v) is 11.8. The minimum atomic E-state index is -3.87. The van der Waals surface area contributed by atoms with Gasteiger partial charge in [-0.25, -0.2) is 12.4 Å².